The van der Waals surface area contributed by atoms with Gasteiger partial charge in [0.1, 0.15) is 12.4 Å². The first-order chi connectivity index (χ1) is 17.5. The smallest absolute Gasteiger partial charge is 0.338 e. The summed E-state index contributed by atoms with van der Waals surface area (Å²) in [6.07, 6.45) is 0.142. The number of thioether (sulfide) groups is 1. The molecule has 186 valence electrons. The molecule has 1 fully saturated rings. The van der Waals surface area contributed by atoms with E-state index in [-0.39, 0.29) is 18.9 Å². The van der Waals surface area contributed by atoms with E-state index in [1.165, 1.54) is 23.9 Å². The molecule has 0 saturated carbocycles. The number of morpholine rings is 1. The summed E-state index contributed by atoms with van der Waals surface area (Å²) in [5.41, 5.74) is 2.99. The lowest BCUT2D eigenvalue weighted by molar-refractivity contribution is -0.141. The molecule has 1 amide bonds. The maximum atomic E-state index is 14.3. The van der Waals surface area contributed by atoms with E-state index in [4.69, 9.17) is 9.47 Å². The number of amidine groups is 1. The highest BCUT2D eigenvalue weighted by Gasteiger charge is 2.41. The number of ether oxygens (including phenoxy) is 2. The summed E-state index contributed by atoms with van der Waals surface area (Å²) >= 11 is 1.39. The standard InChI is InChI=1S/C27H26FN3O4S/c1-18-24(26(33)35-16-19-6-3-2-4-7-19)25(20-8-5-9-21(28)14-20)31-22(17-36-27(31)29-18)15-23(32)30-10-12-34-13-11-30/h2-9,14,17,25H,10-13,15-16H2,1H3. The van der Waals surface area contributed by atoms with E-state index < -0.39 is 17.8 Å². The molecular weight excluding hydrogens is 481 g/mol. The lowest BCUT2D eigenvalue weighted by Gasteiger charge is -2.37. The zero-order valence-electron chi connectivity index (χ0n) is 19.9. The number of allylic oxidation sites excluding steroid dienone is 1. The van der Waals surface area contributed by atoms with Crippen molar-refractivity contribution in [3.05, 3.63) is 93.9 Å². The number of esters is 1. The average molecular weight is 508 g/mol. The summed E-state index contributed by atoms with van der Waals surface area (Å²) in [5, 5.41) is 2.53. The van der Waals surface area contributed by atoms with Gasteiger partial charge in [-0.2, -0.15) is 0 Å². The van der Waals surface area contributed by atoms with Crippen molar-refractivity contribution >= 4 is 28.8 Å². The van der Waals surface area contributed by atoms with E-state index in [1.54, 1.807) is 24.0 Å². The molecule has 0 bridgehead atoms. The molecule has 36 heavy (non-hydrogen) atoms. The molecule has 3 aliphatic rings. The molecular formula is C27H26FN3O4S. The normalized spacial score (nSPS) is 19.6. The molecule has 1 unspecified atom stereocenters. The molecule has 2 aromatic carbocycles. The van der Waals surface area contributed by atoms with Crippen LogP contribution in [0.25, 0.3) is 0 Å². The number of halogens is 1. The molecule has 1 atom stereocenters. The fourth-order valence-electron chi connectivity index (χ4n) is 4.50. The maximum absolute atomic E-state index is 14.3. The molecule has 0 aliphatic carbocycles. The van der Waals surface area contributed by atoms with Gasteiger partial charge in [0, 0.05) is 18.8 Å². The Morgan fingerprint density at radius 2 is 1.92 bits per heavy atom. The van der Waals surface area contributed by atoms with Crippen molar-refractivity contribution in [3.63, 3.8) is 0 Å². The van der Waals surface area contributed by atoms with Gasteiger partial charge >= 0.3 is 5.97 Å². The molecule has 1 saturated heterocycles. The van der Waals surface area contributed by atoms with Gasteiger partial charge in [0.05, 0.1) is 36.9 Å². The minimum absolute atomic E-state index is 0.0242. The van der Waals surface area contributed by atoms with Crippen molar-refractivity contribution in [2.24, 2.45) is 4.99 Å². The van der Waals surface area contributed by atoms with E-state index in [1.807, 2.05) is 40.6 Å². The Morgan fingerprint density at radius 3 is 2.67 bits per heavy atom. The second kappa shape index (κ2) is 10.7. The van der Waals surface area contributed by atoms with Crippen LogP contribution in [0.1, 0.15) is 30.5 Å². The van der Waals surface area contributed by atoms with Crippen molar-refractivity contribution < 1.29 is 23.5 Å². The highest BCUT2D eigenvalue weighted by molar-refractivity contribution is 8.16. The number of fused-ring (bicyclic) bond motifs is 1. The lowest BCUT2D eigenvalue weighted by Crippen LogP contribution is -2.42. The number of aliphatic imine (C=N–C) groups is 1. The van der Waals surface area contributed by atoms with Gasteiger partial charge in [-0.05, 0) is 35.6 Å². The Bertz CT molecular complexity index is 1250. The van der Waals surface area contributed by atoms with Gasteiger partial charge in [0.2, 0.25) is 5.91 Å². The molecule has 0 radical (unpaired) electrons. The van der Waals surface area contributed by atoms with E-state index in [9.17, 15) is 14.0 Å². The highest BCUT2D eigenvalue weighted by atomic mass is 32.2. The third kappa shape index (κ3) is 5.08. The van der Waals surface area contributed by atoms with E-state index in [0.717, 1.165) is 5.56 Å². The van der Waals surface area contributed by atoms with E-state index in [0.29, 0.717) is 54.0 Å². The van der Waals surface area contributed by atoms with Gasteiger partial charge in [-0.25, -0.2) is 14.2 Å². The predicted molar refractivity (Wildman–Crippen MR) is 135 cm³/mol. The molecule has 7 nitrogen and oxygen atoms in total. The summed E-state index contributed by atoms with van der Waals surface area (Å²) in [4.78, 5) is 34.8. The van der Waals surface area contributed by atoms with Crippen LogP contribution in [0.5, 0.6) is 0 Å². The summed E-state index contributed by atoms with van der Waals surface area (Å²) in [5.74, 6) is -0.957. The van der Waals surface area contributed by atoms with Crippen LogP contribution in [-0.2, 0) is 25.7 Å². The number of hydrogen-bond donors (Lipinski definition) is 0. The minimum atomic E-state index is -0.671. The van der Waals surface area contributed by atoms with Crippen LogP contribution >= 0.6 is 11.8 Å². The van der Waals surface area contributed by atoms with Crippen molar-refractivity contribution in [1.29, 1.82) is 0 Å². The zero-order chi connectivity index (χ0) is 25.1. The summed E-state index contributed by atoms with van der Waals surface area (Å²) in [7, 11) is 0. The highest BCUT2D eigenvalue weighted by Crippen LogP contribution is 2.45. The third-order valence-electron chi connectivity index (χ3n) is 6.29. The second-order valence-corrected chi connectivity index (χ2v) is 9.52. The van der Waals surface area contributed by atoms with Gasteiger partial charge in [-0.1, -0.05) is 54.2 Å². The molecule has 2 aromatic rings. The van der Waals surface area contributed by atoms with Crippen LogP contribution in [0.15, 0.2) is 82.0 Å². The van der Waals surface area contributed by atoms with Gasteiger partial charge in [-0.15, -0.1) is 0 Å². The summed E-state index contributed by atoms with van der Waals surface area (Å²) in [6, 6.07) is 14.9. The van der Waals surface area contributed by atoms with Gasteiger partial charge < -0.3 is 19.3 Å². The van der Waals surface area contributed by atoms with Crippen molar-refractivity contribution in [1.82, 2.24) is 9.80 Å². The summed E-state index contributed by atoms with van der Waals surface area (Å²) < 4.78 is 25.4. The number of carbonyl (C=O) groups is 2. The van der Waals surface area contributed by atoms with Gasteiger partial charge in [0.25, 0.3) is 0 Å². The zero-order valence-corrected chi connectivity index (χ0v) is 20.7. The number of amides is 1. The minimum Gasteiger partial charge on any atom is -0.457 e. The number of carbonyl (C=O) groups excluding carboxylic acids is 2. The first kappa shape index (κ1) is 24.3. The third-order valence-corrected chi connectivity index (χ3v) is 7.18. The Balaban J connectivity index is 1.45. The lowest BCUT2D eigenvalue weighted by atomic mass is 9.93. The Labute approximate surface area is 213 Å². The topological polar surface area (TPSA) is 71.4 Å². The molecule has 5 rings (SSSR count). The van der Waals surface area contributed by atoms with Crippen LogP contribution in [0.3, 0.4) is 0 Å². The first-order valence-electron chi connectivity index (χ1n) is 11.8. The molecule has 3 aliphatic heterocycles. The Morgan fingerprint density at radius 1 is 1.14 bits per heavy atom. The van der Waals surface area contributed by atoms with Gasteiger partial charge in [0.15, 0.2) is 5.17 Å². The first-order valence-corrected chi connectivity index (χ1v) is 12.7. The molecule has 0 N–H and O–H groups in total. The number of nitrogens with zero attached hydrogens (tertiary/aromatic N) is 3. The summed E-state index contributed by atoms with van der Waals surface area (Å²) in [6.45, 7) is 3.98. The Hall–Kier alpha value is -3.43. The molecule has 0 aromatic heterocycles. The van der Waals surface area contributed by atoms with Crippen LogP contribution in [0, 0.1) is 5.82 Å². The van der Waals surface area contributed by atoms with Crippen LogP contribution in [0.2, 0.25) is 0 Å². The van der Waals surface area contributed by atoms with Gasteiger partial charge in [-0.3, -0.25) is 4.79 Å². The number of hydrogen-bond acceptors (Lipinski definition) is 7. The fourth-order valence-corrected chi connectivity index (χ4v) is 5.47. The Kier molecular flexibility index (Phi) is 7.20. The quantitative estimate of drug-likeness (QED) is 0.540. The largest absolute Gasteiger partial charge is 0.457 e. The van der Waals surface area contributed by atoms with Crippen molar-refractivity contribution in [2.75, 3.05) is 26.3 Å². The average Bonchev–Trinajstić information content (AvgIpc) is 3.29. The van der Waals surface area contributed by atoms with Crippen molar-refractivity contribution in [3.8, 4) is 0 Å². The maximum Gasteiger partial charge on any atom is 0.338 e. The predicted octanol–water partition coefficient (Wildman–Crippen LogP) is 4.39. The van der Waals surface area contributed by atoms with Crippen LogP contribution < -0.4 is 0 Å². The van der Waals surface area contributed by atoms with Crippen molar-refractivity contribution in [2.45, 2.75) is 26.0 Å². The molecule has 3 heterocycles. The van der Waals surface area contributed by atoms with Crippen LogP contribution in [-0.4, -0.2) is 53.1 Å². The number of benzene rings is 2. The number of rotatable bonds is 6. The monoisotopic (exact) mass is 507 g/mol. The van der Waals surface area contributed by atoms with Crippen LogP contribution in [0.4, 0.5) is 4.39 Å². The van der Waals surface area contributed by atoms with E-state index >= 15 is 0 Å². The molecule has 9 heteroatoms. The molecule has 0 spiro atoms. The fraction of sp³-hybridized carbons (Fsp3) is 0.296. The van der Waals surface area contributed by atoms with E-state index in [2.05, 4.69) is 4.99 Å². The SMILES string of the molecule is CC1=C(C(=O)OCc2ccccc2)C(c2cccc(F)c2)N2C(CC(=O)N3CCOCC3)=CSC2=N1. The second-order valence-electron chi connectivity index (χ2n) is 8.68.